The molecule has 0 aliphatic rings. The molecule has 0 fully saturated rings. The molecule has 0 radical (unpaired) electrons. The van der Waals surface area contributed by atoms with Crippen molar-refractivity contribution < 1.29 is 14.3 Å². The smallest absolute Gasteiger partial charge is 0.328 e. The first kappa shape index (κ1) is 12.2. The lowest BCUT2D eigenvalue weighted by molar-refractivity contribution is -0.142. The van der Waals surface area contributed by atoms with E-state index < -0.39 is 12.0 Å². The van der Waals surface area contributed by atoms with Crippen LogP contribution in [0.2, 0.25) is 0 Å². The van der Waals surface area contributed by atoms with Crippen LogP contribution in [0, 0.1) is 0 Å². The number of anilines is 1. The summed E-state index contributed by atoms with van der Waals surface area (Å²) in [4.78, 5) is 27.0. The number of benzene rings is 1. The number of nitrogens with one attached hydrogen (secondary N) is 1. The Bertz CT molecular complexity index is 543. The van der Waals surface area contributed by atoms with Gasteiger partial charge in [-0.05, 0) is 19.1 Å². The number of H-pyrrole nitrogens is 1. The Morgan fingerprint density at radius 3 is 2.78 bits per heavy atom. The van der Waals surface area contributed by atoms with Crippen molar-refractivity contribution in [2.24, 2.45) is 0 Å². The molecule has 1 aromatic heterocycles. The molecule has 18 heavy (non-hydrogen) atoms. The number of amides is 1. The maximum atomic E-state index is 11.5. The molecule has 1 atom stereocenters. The van der Waals surface area contributed by atoms with Gasteiger partial charge in [0.2, 0.25) is 6.41 Å². The number of rotatable bonds is 4. The summed E-state index contributed by atoms with van der Waals surface area (Å²) in [5.41, 5.74) is 0.913. The van der Waals surface area contributed by atoms with Gasteiger partial charge in [-0.3, -0.25) is 9.69 Å². The summed E-state index contributed by atoms with van der Waals surface area (Å²) in [6.07, 6.45) is 0.617. The third kappa shape index (κ3) is 2.07. The number of ether oxygens (including phenoxy) is 1. The normalized spacial score (nSPS) is 12.1. The molecule has 0 aliphatic heterocycles. The highest BCUT2D eigenvalue weighted by Crippen LogP contribution is 2.22. The van der Waals surface area contributed by atoms with Crippen LogP contribution in [0.3, 0.4) is 0 Å². The van der Waals surface area contributed by atoms with Gasteiger partial charge < -0.3 is 9.72 Å². The second-order valence-electron chi connectivity index (χ2n) is 3.95. The summed E-state index contributed by atoms with van der Waals surface area (Å²) < 4.78 is 4.64. The molecular weight excluding hydrogens is 232 g/mol. The Labute approximate surface area is 104 Å². The third-order valence-electron chi connectivity index (χ3n) is 2.87. The summed E-state index contributed by atoms with van der Waals surface area (Å²) >= 11 is 0. The van der Waals surface area contributed by atoms with Crippen LogP contribution in [0.1, 0.15) is 6.92 Å². The van der Waals surface area contributed by atoms with E-state index in [4.69, 9.17) is 0 Å². The second-order valence-corrected chi connectivity index (χ2v) is 3.95. The van der Waals surface area contributed by atoms with E-state index in [0.717, 1.165) is 10.9 Å². The predicted octanol–water partition coefficient (Wildman–Crippen LogP) is 1.69. The minimum atomic E-state index is -0.666. The van der Waals surface area contributed by atoms with Gasteiger partial charge >= 0.3 is 5.97 Å². The van der Waals surface area contributed by atoms with Crippen LogP contribution in [0.5, 0.6) is 0 Å². The number of carbonyl (C=O) groups excluding carboxylic acids is 2. The molecule has 0 spiro atoms. The molecule has 0 aliphatic carbocycles. The number of fused-ring (bicyclic) bond motifs is 1. The fourth-order valence-electron chi connectivity index (χ4n) is 1.84. The first-order chi connectivity index (χ1) is 8.67. The van der Waals surface area contributed by atoms with Crippen molar-refractivity contribution in [2.45, 2.75) is 13.0 Å². The average Bonchev–Trinajstić information content (AvgIpc) is 2.81. The van der Waals surface area contributed by atoms with Crippen LogP contribution in [-0.4, -0.2) is 30.5 Å². The topological polar surface area (TPSA) is 62.4 Å². The highest BCUT2D eigenvalue weighted by atomic mass is 16.5. The molecule has 2 aromatic rings. The maximum absolute atomic E-state index is 11.5. The Morgan fingerprint density at radius 1 is 1.44 bits per heavy atom. The van der Waals surface area contributed by atoms with Crippen molar-refractivity contribution in [2.75, 3.05) is 12.0 Å². The van der Waals surface area contributed by atoms with E-state index in [0.29, 0.717) is 12.2 Å². The molecule has 5 nitrogen and oxygen atoms in total. The van der Waals surface area contributed by atoms with E-state index in [9.17, 15) is 9.59 Å². The summed E-state index contributed by atoms with van der Waals surface area (Å²) in [6.45, 7) is 1.62. The highest BCUT2D eigenvalue weighted by molar-refractivity contribution is 5.92. The van der Waals surface area contributed by atoms with Crippen LogP contribution in [0.15, 0.2) is 30.3 Å². The van der Waals surface area contributed by atoms with Crippen molar-refractivity contribution in [3.8, 4) is 0 Å². The third-order valence-corrected chi connectivity index (χ3v) is 2.87. The van der Waals surface area contributed by atoms with Gasteiger partial charge in [0, 0.05) is 10.9 Å². The average molecular weight is 246 g/mol. The van der Waals surface area contributed by atoms with Gasteiger partial charge in [-0.25, -0.2) is 4.79 Å². The monoisotopic (exact) mass is 246 g/mol. The number of carbonyl (C=O) groups is 2. The van der Waals surface area contributed by atoms with Crippen molar-refractivity contribution in [3.05, 3.63) is 30.3 Å². The molecule has 2 rings (SSSR count). The Hall–Kier alpha value is -2.30. The molecule has 0 saturated carbocycles. The largest absolute Gasteiger partial charge is 0.467 e. The molecule has 1 amide bonds. The molecule has 1 unspecified atom stereocenters. The lowest BCUT2D eigenvalue weighted by atomic mass is 10.2. The SMILES string of the molecule is COC(=O)C(C)N(C=O)c1cc2ccccc2[nH]1. The van der Waals surface area contributed by atoms with Gasteiger partial charge in [0.1, 0.15) is 11.9 Å². The maximum Gasteiger partial charge on any atom is 0.328 e. The molecule has 0 bridgehead atoms. The van der Waals surface area contributed by atoms with Gasteiger partial charge in [-0.15, -0.1) is 0 Å². The second kappa shape index (κ2) is 4.91. The summed E-state index contributed by atoms with van der Waals surface area (Å²) in [5.74, 6) is 0.116. The molecule has 1 heterocycles. The summed E-state index contributed by atoms with van der Waals surface area (Å²) in [5, 5.41) is 0.983. The molecular formula is C13H14N2O3. The van der Waals surface area contributed by atoms with Gasteiger partial charge in [0.05, 0.1) is 7.11 Å². The Morgan fingerprint density at radius 2 is 2.17 bits per heavy atom. The van der Waals surface area contributed by atoms with Crippen molar-refractivity contribution in [1.82, 2.24) is 4.98 Å². The van der Waals surface area contributed by atoms with E-state index in [1.54, 1.807) is 6.92 Å². The summed E-state index contributed by atoms with van der Waals surface area (Å²) in [6, 6.07) is 8.81. The number of hydrogen-bond donors (Lipinski definition) is 1. The van der Waals surface area contributed by atoms with Gasteiger partial charge in [-0.2, -0.15) is 0 Å². The molecule has 94 valence electrons. The van der Waals surface area contributed by atoms with E-state index in [2.05, 4.69) is 9.72 Å². The van der Waals surface area contributed by atoms with Crippen LogP contribution in [-0.2, 0) is 14.3 Å². The van der Waals surface area contributed by atoms with Crippen LogP contribution in [0.4, 0.5) is 5.82 Å². The highest BCUT2D eigenvalue weighted by Gasteiger charge is 2.23. The number of esters is 1. The molecule has 1 aromatic carbocycles. The Kier molecular flexibility index (Phi) is 3.32. The zero-order chi connectivity index (χ0) is 13.1. The minimum Gasteiger partial charge on any atom is -0.467 e. The molecule has 1 N–H and O–H groups in total. The number of nitrogens with zero attached hydrogens (tertiary/aromatic N) is 1. The number of hydrogen-bond acceptors (Lipinski definition) is 3. The van der Waals surface area contributed by atoms with Crippen molar-refractivity contribution in [3.63, 3.8) is 0 Å². The minimum absolute atomic E-state index is 0.458. The van der Waals surface area contributed by atoms with Crippen molar-refractivity contribution in [1.29, 1.82) is 0 Å². The standard InChI is InChI=1S/C13H14N2O3/c1-9(13(17)18-2)15(8-16)12-7-10-5-3-4-6-11(10)14-12/h3-9,14H,1-2H3. The summed E-state index contributed by atoms with van der Waals surface area (Å²) in [7, 11) is 1.30. The van der Waals surface area contributed by atoms with Crippen LogP contribution >= 0.6 is 0 Å². The van der Waals surface area contributed by atoms with E-state index in [1.807, 2.05) is 30.3 Å². The first-order valence-corrected chi connectivity index (χ1v) is 5.56. The van der Waals surface area contributed by atoms with Gasteiger partial charge in [-0.1, -0.05) is 18.2 Å². The van der Waals surface area contributed by atoms with Gasteiger partial charge in [0.25, 0.3) is 0 Å². The molecule has 0 saturated heterocycles. The number of aromatic amines is 1. The zero-order valence-electron chi connectivity index (χ0n) is 10.2. The molecule has 5 heteroatoms. The van der Waals surface area contributed by atoms with E-state index in [-0.39, 0.29) is 0 Å². The van der Waals surface area contributed by atoms with E-state index >= 15 is 0 Å². The van der Waals surface area contributed by atoms with E-state index in [1.165, 1.54) is 12.0 Å². The number of aromatic nitrogens is 1. The number of methoxy groups -OCH3 is 1. The fraction of sp³-hybridized carbons (Fsp3) is 0.231. The Balaban J connectivity index is 2.38. The quantitative estimate of drug-likeness (QED) is 0.659. The van der Waals surface area contributed by atoms with Gasteiger partial charge in [0.15, 0.2) is 0 Å². The predicted molar refractivity (Wildman–Crippen MR) is 68.3 cm³/mol. The first-order valence-electron chi connectivity index (χ1n) is 5.56. The lowest BCUT2D eigenvalue weighted by Gasteiger charge is -2.21. The lowest BCUT2D eigenvalue weighted by Crippen LogP contribution is -2.39. The zero-order valence-corrected chi connectivity index (χ0v) is 10.2. The van der Waals surface area contributed by atoms with Crippen LogP contribution < -0.4 is 4.90 Å². The van der Waals surface area contributed by atoms with Crippen molar-refractivity contribution >= 4 is 29.1 Å². The van der Waals surface area contributed by atoms with Crippen LogP contribution in [0.25, 0.3) is 10.9 Å². The fourth-order valence-corrected chi connectivity index (χ4v) is 1.84. The number of para-hydroxylation sites is 1.